The fraction of sp³-hybridized carbons (Fsp3) is 0.259. The van der Waals surface area contributed by atoms with Gasteiger partial charge in [-0.3, -0.25) is 9.80 Å². The molecule has 0 atom stereocenters. The molecule has 1 fully saturated rings. The van der Waals surface area contributed by atoms with Crippen LogP contribution in [0.2, 0.25) is 0 Å². The van der Waals surface area contributed by atoms with E-state index in [1.165, 1.54) is 22.3 Å². The van der Waals surface area contributed by atoms with Crippen LogP contribution < -0.4 is 0 Å². The largest absolute Gasteiger partial charge is 0.297 e. The van der Waals surface area contributed by atoms with Crippen LogP contribution in [0, 0.1) is 6.92 Å². The molecule has 0 radical (unpaired) electrons. The van der Waals surface area contributed by atoms with E-state index in [1.807, 2.05) is 0 Å². The fourth-order valence-electron chi connectivity index (χ4n) is 4.10. The first-order valence-electron chi connectivity index (χ1n) is 10.6. The van der Waals surface area contributed by atoms with Gasteiger partial charge in [0.15, 0.2) is 0 Å². The van der Waals surface area contributed by atoms with Crippen LogP contribution >= 0.6 is 0 Å². The van der Waals surface area contributed by atoms with E-state index in [0.717, 1.165) is 32.7 Å². The Balaban J connectivity index is 1.38. The van der Waals surface area contributed by atoms with Gasteiger partial charge in [-0.1, -0.05) is 103 Å². The van der Waals surface area contributed by atoms with Crippen LogP contribution in [0.5, 0.6) is 0 Å². The Morgan fingerprint density at radius 3 is 1.83 bits per heavy atom. The Morgan fingerprint density at radius 2 is 1.28 bits per heavy atom. The van der Waals surface area contributed by atoms with Gasteiger partial charge in [0.2, 0.25) is 0 Å². The SMILES string of the molecule is Cc1ccc(C=CCN2CCN(C(c3ccccc3)c3ccccc3)CC2)cc1. The second-order valence-corrected chi connectivity index (χ2v) is 7.87. The van der Waals surface area contributed by atoms with E-state index in [2.05, 4.69) is 114 Å². The second kappa shape index (κ2) is 9.69. The summed E-state index contributed by atoms with van der Waals surface area (Å²) in [5, 5.41) is 0. The molecule has 0 amide bonds. The highest BCUT2D eigenvalue weighted by molar-refractivity contribution is 5.49. The van der Waals surface area contributed by atoms with Crippen LogP contribution in [0.3, 0.4) is 0 Å². The summed E-state index contributed by atoms with van der Waals surface area (Å²) in [7, 11) is 0. The minimum atomic E-state index is 0.336. The average Bonchev–Trinajstić information content (AvgIpc) is 2.78. The van der Waals surface area contributed by atoms with Crippen LogP contribution in [0.15, 0.2) is 91.0 Å². The van der Waals surface area contributed by atoms with Gasteiger partial charge < -0.3 is 0 Å². The van der Waals surface area contributed by atoms with Crippen molar-refractivity contribution in [1.29, 1.82) is 0 Å². The number of nitrogens with zero attached hydrogens (tertiary/aromatic N) is 2. The second-order valence-electron chi connectivity index (χ2n) is 7.87. The molecule has 1 aliphatic rings. The molecule has 0 unspecified atom stereocenters. The van der Waals surface area contributed by atoms with Gasteiger partial charge in [-0.2, -0.15) is 0 Å². The Labute approximate surface area is 175 Å². The van der Waals surface area contributed by atoms with E-state index in [4.69, 9.17) is 0 Å². The zero-order chi connectivity index (χ0) is 19.9. The maximum atomic E-state index is 2.63. The van der Waals surface area contributed by atoms with Gasteiger partial charge >= 0.3 is 0 Å². The molecule has 0 spiro atoms. The van der Waals surface area contributed by atoms with Crippen molar-refractivity contribution in [2.24, 2.45) is 0 Å². The molecule has 4 rings (SSSR count). The van der Waals surface area contributed by atoms with Gasteiger partial charge in [0, 0.05) is 32.7 Å². The highest BCUT2D eigenvalue weighted by atomic mass is 15.3. The van der Waals surface area contributed by atoms with Gasteiger partial charge in [0.1, 0.15) is 0 Å². The van der Waals surface area contributed by atoms with Crippen LogP contribution in [0.1, 0.15) is 28.3 Å². The van der Waals surface area contributed by atoms with Gasteiger partial charge in [0.25, 0.3) is 0 Å². The van der Waals surface area contributed by atoms with Crippen molar-refractivity contribution in [2.75, 3.05) is 32.7 Å². The monoisotopic (exact) mass is 382 g/mol. The van der Waals surface area contributed by atoms with Gasteiger partial charge in [-0.05, 0) is 23.6 Å². The molecule has 3 aromatic carbocycles. The molecule has 1 aliphatic heterocycles. The maximum Gasteiger partial charge on any atom is 0.0602 e. The number of hydrogen-bond acceptors (Lipinski definition) is 2. The van der Waals surface area contributed by atoms with Crippen molar-refractivity contribution in [3.8, 4) is 0 Å². The third-order valence-corrected chi connectivity index (χ3v) is 5.75. The number of hydrogen-bond donors (Lipinski definition) is 0. The molecule has 2 heteroatoms. The van der Waals surface area contributed by atoms with E-state index in [1.54, 1.807) is 0 Å². The lowest BCUT2D eigenvalue weighted by Gasteiger charge is -2.39. The minimum Gasteiger partial charge on any atom is -0.297 e. The summed E-state index contributed by atoms with van der Waals surface area (Å²) >= 11 is 0. The normalized spacial score (nSPS) is 15.9. The molecule has 0 aromatic heterocycles. The van der Waals surface area contributed by atoms with Crippen LogP contribution in [-0.4, -0.2) is 42.5 Å². The summed E-state index contributed by atoms with van der Waals surface area (Å²) in [4.78, 5) is 5.18. The van der Waals surface area contributed by atoms with Gasteiger partial charge in [0.05, 0.1) is 6.04 Å². The quantitative estimate of drug-likeness (QED) is 0.562. The zero-order valence-corrected chi connectivity index (χ0v) is 17.2. The summed E-state index contributed by atoms with van der Waals surface area (Å²) in [6.45, 7) is 7.54. The van der Waals surface area contributed by atoms with Gasteiger partial charge in [-0.15, -0.1) is 0 Å². The Bertz CT molecular complexity index is 853. The summed E-state index contributed by atoms with van der Waals surface area (Å²) in [5.41, 5.74) is 5.35. The third kappa shape index (κ3) is 5.23. The smallest absolute Gasteiger partial charge is 0.0602 e. The molecule has 148 valence electrons. The highest BCUT2D eigenvalue weighted by Gasteiger charge is 2.25. The van der Waals surface area contributed by atoms with E-state index in [-0.39, 0.29) is 0 Å². The van der Waals surface area contributed by atoms with Gasteiger partial charge in [-0.25, -0.2) is 0 Å². The standard InChI is InChI=1S/C27H30N2/c1-23-14-16-24(17-15-23)9-8-18-28-19-21-29(22-20-28)27(25-10-4-2-5-11-25)26-12-6-3-7-13-26/h2-17,27H,18-22H2,1H3. The Hall–Kier alpha value is -2.68. The first-order chi connectivity index (χ1) is 14.3. The van der Waals surface area contributed by atoms with E-state index in [0.29, 0.717) is 6.04 Å². The number of piperazine rings is 1. The van der Waals surface area contributed by atoms with Crippen molar-refractivity contribution in [3.63, 3.8) is 0 Å². The predicted octanol–water partition coefficient (Wildman–Crippen LogP) is 5.42. The lowest BCUT2D eigenvalue weighted by molar-refractivity contribution is 0.118. The average molecular weight is 383 g/mol. The van der Waals surface area contributed by atoms with E-state index >= 15 is 0 Å². The topological polar surface area (TPSA) is 6.48 Å². The molecule has 29 heavy (non-hydrogen) atoms. The number of benzene rings is 3. The summed E-state index contributed by atoms with van der Waals surface area (Å²) in [5.74, 6) is 0. The summed E-state index contributed by atoms with van der Waals surface area (Å²) in [6, 6.07) is 30.9. The first-order valence-corrected chi connectivity index (χ1v) is 10.6. The lowest BCUT2D eigenvalue weighted by Crippen LogP contribution is -2.47. The van der Waals surface area contributed by atoms with Crippen molar-refractivity contribution in [3.05, 3.63) is 113 Å². The molecule has 1 saturated heterocycles. The minimum absolute atomic E-state index is 0.336. The predicted molar refractivity (Wildman–Crippen MR) is 123 cm³/mol. The Morgan fingerprint density at radius 1 is 0.724 bits per heavy atom. The summed E-state index contributed by atoms with van der Waals surface area (Å²) < 4.78 is 0. The van der Waals surface area contributed by atoms with Crippen molar-refractivity contribution >= 4 is 6.08 Å². The molecule has 1 heterocycles. The van der Waals surface area contributed by atoms with Crippen LogP contribution in [-0.2, 0) is 0 Å². The zero-order valence-electron chi connectivity index (χ0n) is 17.2. The molecule has 0 aliphatic carbocycles. The third-order valence-electron chi connectivity index (χ3n) is 5.75. The molecule has 0 N–H and O–H groups in total. The Kier molecular flexibility index (Phi) is 6.56. The van der Waals surface area contributed by atoms with E-state index in [9.17, 15) is 0 Å². The van der Waals surface area contributed by atoms with Crippen molar-refractivity contribution in [1.82, 2.24) is 9.80 Å². The lowest BCUT2D eigenvalue weighted by atomic mass is 9.96. The first kappa shape index (κ1) is 19.6. The van der Waals surface area contributed by atoms with Crippen molar-refractivity contribution < 1.29 is 0 Å². The molecule has 2 nitrogen and oxygen atoms in total. The molecule has 0 bridgehead atoms. The summed E-state index contributed by atoms with van der Waals surface area (Å²) in [6.07, 6.45) is 4.54. The van der Waals surface area contributed by atoms with Crippen molar-refractivity contribution in [2.45, 2.75) is 13.0 Å². The van der Waals surface area contributed by atoms with Crippen LogP contribution in [0.25, 0.3) is 6.08 Å². The number of aryl methyl sites for hydroxylation is 1. The van der Waals surface area contributed by atoms with E-state index < -0.39 is 0 Å². The van der Waals surface area contributed by atoms with Crippen LogP contribution in [0.4, 0.5) is 0 Å². The number of rotatable bonds is 6. The molecular weight excluding hydrogens is 352 g/mol. The fourth-order valence-corrected chi connectivity index (χ4v) is 4.10. The molecule has 0 saturated carbocycles. The highest BCUT2D eigenvalue weighted by Crippen LogP contribution is 2.29. The molecule has 3 aromatic rings. The molecular formula is C27H30N2. The maximum absolute atomic E-state index is 2.63.